The van der Waals surface area contributed by atoms with E-state index in [1.54, 1.807) is 0 Å². The molecule has 0 aromatic heterocycles. The van der Waals surface area contributed by atoms with Gasteiger partial charge in [0.25, 0.3) is 0 Å². The van der Waals surface area contributed by atoms with Crippen LogP contribution >= 0.6 is 0 Å². The summed E-state index contributed by atoms with van der Waals surface area (Å²) in [5.41, 5.74) is 8.99. The number of hydrogen-bond acceptors (Lipinski definition) is 2. The molecule has 1 aromatic rings. The third-order valence-electron chi connectivity index (χ3n) is 3.01. The van der Waals surface area contributed by atoms with Gasteiger partial charge in [-0.3, -0.25) is 0 Å². The Bertz CT molecular complexity index is 327. The number of nitrogen functional groups attached to an aromatic ring is 1. The van der Waals surface area contributed by atoms with Crippen LogP contribution in [0.5, 0.6) is 0 Å². The maximum atomic E-state index is 5.76. The highest BCUT2D eigenvalue weighted by molar-refractivity contribution is 5.57. The van der Waals surface area contributed by atoms with Crippen molar-refractivity contribution in [2.24, 2.45) is 5.92 Å². The van der Waals surface area contributed by atoms with Crippen molar-refractivity contribution in [1.82, 2.24) is 0 Å². The zero-order chi connectivity index (χ0) is 10.1. The average molecular weight is 190 g/mol. The Kier molecular flexibility index (Phi) is 2.36. The second-order valence-corrected chi connectivity index (χ2v) is 4.49. The summed E-state index contributed by atoms with van der Waals surface area (Å²) in [7, 11) is 0. The minimum Gasteiger partial charge on any atom is -0.399 e. The second kappa shape index (κ2) is 3.52. The zero-order valence-corrected chi connectivity index (χ0v) is 8.88. The number of rotatable bonds is 2. The molecule has 1 saturated carbocycles. The van der Waals surface area contributed by atoms with E-state index in [9.17, 15) is 0 Å². The fraction of sp³-hybridized carbons (Fsp3) is 0.500. The topological polar surface area (TPSA) is 38.0 Å². The van der Waals surface area contributed by atoms with E-state index in [1.807, 2.05) is 13.0 Å². The van der Waals surface area contributed by atoms with E-state index < -0.39 is 0 Å². The van der Waals surface area contributed by atoms with E-state index in [0.29, 0.717) is 6.04 Å². The summed E-state index contributed by atoms with van der Waals surface area (Å²) in [6.07, 6.45) is 2.59. The fourth-order valence-electron chi connectivity index (χ4n) is 2.02. The van der Waals surface area contributed by atoms with Gasteiger partial charge in [0.15, 0.2) is 0 Å². The highest BCUT2D eigenvalue weighted by atomic mass is 14.9. The second-order valence-electron chi connectivity index (χ2n) is 4.49. The first-order chi connectivity index (χ1) is 6.65. The molecule has 0 bridgehead atoms. The Morgan fingerprint density at radius 3 is 2.64 bits per heavy atom. The van der Waals surface area contributed by atoms with Gasteiger partial charge >= 0.3 is 0 Å². The molecule has 2 heteroatoms. The van der Waals surface area contributed by atoms with Gasteiger partial charge in [-0.05, 0) is 49.4 Å². The summed E-state index contributed by atoms with van der Waals surface area (Å²) in [4.78, 5) is 0. The van der Waals surface area contributed by atoms with Gasteiger partial charge in [0, 0.05) is 17.4 Å². The lowest BCUT2D eigenvalue weighted by atomic mass is 9.82. The molecule has 0 atom stereocenters. The highest BCUT2D eigenvalue weighted by Crippen LogP contribution is 2.30. The lowest BCUT2D eigenvalue weighted by molar-refractivity contribution is 0.309. The van der Waals surface area contributed by atoms with Crippen LogP contribution in [-0.2, 0) is 0 Å². The van der Waals surface area contributed by atoms with Crippen molar-refractivity contribution in [3.8, 4) is 0 Å². The number of nitrogens with one attached hydrogen (secondary N) is 1. The Balaban J connectivity index is 2.00. The number of benzene rings is 1. The molecule has 2 rings (SSSR count). The van der Waals surface area contributed by atoms with Gasteiger partial charge in [0.1, 0.15) is 0 Å². The third kappa shape index (κ3) is 1.84. The quantitative estimate of drug-likeness (QED) is 0.704. The summed E-state index contributed by atoms with van der Waals surface area (Å²) >= 11 is 0. The van der Waals surface area contributed by atoms with Crippen molar-refractivity contribution in [2.75, 3.05) is 11.1 Å². The summed E-state index contributed by atoms with van der Waals surface area (Å²) in [6, 6.07) is 6.83. The SMILES string of the molecule is Cc1cc(NC2CC(C)C2)ccc1N. The maximum Gasteiger partial charge on any atom is 0.0346 e. The first-order valence-corrected chi connectivity index (χ1v) is 5.28. The monoisotopic (exact) mass is 190 g/mol. The molecule has 2 nitrogen and oxygen atoms in total. The van der Waals surface area contributed by atoms with E-state index in [-0.39, 0.29) is 0 Å². The average Bonchev–Trinajstić information content (AvgIpc) is 2.09. The first kappa shape index (κ1) is 9.38. The molecule has 14 heavy (non-hydrogen) atoms. The van der Waals surface area contributed by atoms with Crippen LogP contribution in [0.4, 0.5) is 11.4 Å². The molecule has 0 radical (unpaired) electrons. The van der Waals surface area contributed by atoms with Gasteiger partial charge in [0.05, 0.1) is 0 Å². The van der Waals surface area contributed by atoms with Crippen molar-refractivity contribution in [2.45, 2.75) is 32.7 Å². The van der Waals surface area contributed by atoms with Gasteiger partial charge in [-0.1, -0.05) is 6.92 Å². The van der Waals surface area contributed by atoms with E-state index >= 15 is 0 Å². The number of hydrogen-bond donors (Lipinski definition) is 2. The Morgan fingerprint density at radius 2 is 2.07 bits per heavy atom. The predicted octanol–water partition coefficient (Wildman–Crippen LogP) is 2.79. The van der Waals surface area contributed by atoms with Crippen LogP contribution in [0.3, 0.4) is 0 Å². The predicted molar refractivity (Wildman–Crippen MR) is 61.4 cm³/mol. The summed E-state index contributed by atoms with van der Waals surface area (Å²) in [6.45, 7) is 4.34. The summed E-state index contributed by atoms with van der Waals surface area (Å²) in [5.74, 6) is 0.891. The molecule has 0 saturated heterocycles. The van der Waals surface area contributed by atoms with Crippen LogP contribution in [0.25, 0.3) is 0 Å². The van der Waals surface area contributed by atoms with E-state index in [2.05, 4.69) is 24.4 Å². The molecule has 0 spiro atoms. The van der Waals surface area contributed by atoms with Crippen LogP contribution in [0, 0.1) is 12.8 Å². The molecule has 1 aliphatic rings. The smallest absolute Gasteiger partial charge is 0.0346 e. The standard InChI is InChI=1S/C12H18N2/c1-8-5-11(6-8)14-10-3-4-12(13)9(2)7-10/h3-4,7-8,11,14H,5-6,13H2,1-2H3. The van der Waals surface area contributed by atoms with E-state index in [0.717, 1.165) is 17.2 Å². The van der Waals surface area contributed by atoms with Crippen LogP contribution in [0.2, 0.25) is 0 Å². The van der Waals surface area contributed by atoms with Gasteiger partial charge in [-0.15, -0.1) is 0 Å². The minimum atomic E-state index is 0.674. The number of nitrogens with two attached hydrogens (primary N) is 1. The molecule has 1 aliphatic carbocycles. The summed E-state index contributed by atoms with van der Waals surface area (Å²) < 4.78 is 0. The lowest BCUT2D eigenvalue weighted by Gasteiger charge is -2.34. The van der Waals surface area contributed by atoms with E-state index in [4.69, 9.17) is 5.73 Å². The van der Waals surface area contributed by atoms with Crippen LogP contribution in [-0.4, -0.2) is 6.04 Å². The van der Waals surface area contributed by atoms with Crippen LogP contribution in [0.1, 0.15) is 25.3 Å². The Hall–Kier alpha value is -1.18. The third-order valence-corrected chi connectivity index (χ3v) is 3.01. The number of aryl methyl sites for hydroxylation is 1. The van der Waals surface area contributed by atoms with Gasteiger partial charge in [-0.2, -0.15) is 0 Å². The highest BCUT2D eigenvalue weighted by Gasteiger charge is 2.24. The van der Waals surface area contributed by atoms with Gasteiger partial charge < -0.3 is 11.1 Å². The molecule has 0 aliphatic heterocycles. The van der Waals surface area contributed by atoms with Crippen molar-refractivity contribution < 1.29 is 0 Å². The fourth-order valence-corrected chi connectivity index (χ4v) is 2.02. The van der Waals surface area contributed by atoms with Crippen molar-refractivity contribution in [3.05, 3.63) is 23.8 Å². The van der Waals surface area contributed by atoms with E-state index in [1.165, 1.54) is 18.5 Å². The van der Waals surface area contributed by atoms with Crippen LogP contribution < -0.4 is 11.1 Å². The Morgan fingerprint density at radius 1 is 1.36 bits per heavy atom. The van der Waals surface area contributed by atoms with Crippen LogP contribution in [0.15, 0.2) is 18.2 Å². The molecule has 3 N–H and O–H groups in total. The summed E-state index contributed by atoms with van der Waals surface area (Å²) in [5, 5.41) is 3.52. The molecule has 0 unspecified atom stereocenters. The molecular formula is C12H18N2. The zero-order valence-electron chi connectivity index (χ0n) is 8.88. The molecule has 0 heterocycles. The van der Waals surface area contributed by atoms with Gasteiger partial charge in [0.2, 0.25) is 0 Å². The molecule has 76 valence electrons. The normalized spacial score (nSPS) is 25.6. The Labute approximate surface area is 85.5 Å². The molecule has 1 aromatic carbocycles. The van der Waals surface area contributed by atoms with Crippen molar-refractivity contribution in [3.63, 3.8) is 0 Å². The molecular weight excluding hydrogens is 172 g/mol. The maximum absolute atomic E-state index is 5.76. The minimum absolute atomic E-state index is 0.674. The largest absolute Gasteiger partial charge is 0.399 e. The number of anilines is 2. The lowest BCUT2D eigenvalue weighted by Crippen LogP contribution is -2.33. The first-order valence-electron chi connectivity index (χ1n) is 5.28. The van der Waals surface area contributed by atoms with Crippen molar-refractivity contribution >= 4 is 11.4 Å². The van der Waals surface area contributed by atoms with Gasteiger partial charge in [-0.25, -0.2) is 0 Å². The van der Waals surface area contributed by atoms with Crippen molar-refractivity contribution in [1.29, 1.82) is 0 Å². The molecule has 0 amide bonds. The molecule has 1 fully saturated rings.